The van der Waals surface area contributed by atoms with Gasteiger partial charge < -0.3 is 15.2 Å². The smallest absolute Gasteiger partial charge is 0.306 e. The number of rotatable bonds is 4. The van der Waals surface area contributed by atoms with Crippen molar-refractivity contribution < 1.29 is 14.6 Å². The van der Waals surface area contributed by atoms with Crippen molar-refractivity contribution >= 4 is 11.8 Å². The van der Waals surface area contributed by atoms with Crippen LogP contribution in [0.15, 0.2) is 6.07 Å². The van der Waals surface area contributed by atoms with Crippen molar-refractivity contribution in [2.45, 2.75) is 38.1 Å². The molecule has 3 rings (SSSR count). The van der Waals surface area contributed by atoms with Crippen LogP contribution in [0.4, 0.5) is 5.82 Å². The molecule has 0 amide bonds. The van der Waals surface area contributed by atoms with Gasteiger partial charge in [-0.05, 0) is 26.2 Å². The van der Waals surface area contributed by atoms with Crippen LogP contribution in [-0.2, 0) is 9.53 Å². The van der Waals surface area contributed by atoms with E-state index in [1.165, 1.54) is 0 Å². The normalized spacial score (nSPS) is 28.9. The Morgan fingerprint density at radius 2 is 2.25 bits per heavy atom. The highest BCUT2D eigenvalue weighted by Crippen LogP contribution is 2.31. The SMILES string of the molecule is Cc1nc(NC2CC(C(=O)O)C2)cc(C2CCOC2)n1. The molecule has 1 aliphatic carbocycles. The lowest BCUT2D eigenvalue weighted by molar-refractivity contribution is -0.144. The number of hydrogen-bond donors (Lipinski definition) is 2. The zero-order valence-corrected chi connectivity index (χ0v) is 11.5. The largest absolute Gasteiger partial charge is 0.481 e. The van der Waals surface area contributed by atoms with Crippen molar-refractivity contribution in [2.75, 3.05) is 18.5 Å². The Morgan fingerprint density at radius 1 is 1.45 bits per heavy atom. The molecule has 2 N–H and O–H groups in total. The molecule has 2 fully saturated rings. The summed E-state index contributed by atoms with van der Waals surface area (Å²) in [6, 6.07) is 2.18. The predicted molar refractivity (Wildman–Crippen MR) is 72.7 cm³/mol. The first-order valence-corrected chi connectivity index (χ1v) is 7.04. The molecule has 2 heterocycles. The molecule has 108 valence electrons. The summed E-state index contributed by atoms with van der Waals surface area (Å²) in [6.45, 7) is 3.39. The molecule has 0 bridgehead atoms. The number of aryl methyl sites for hydroxylation is 1. The molecule has 1 saturated carbocycles. The molecule has 20 heavy (non-hydrogen) atoms. The third-order valence-electron chi connectivity index (χ3n) is 4.05. The van der Waals surface area contributed by atoms with Gasteiger partial charge in [-0.25, -0.2) is 9.97 Å². The summed E-state index contributed by atoms with van der Waals surface area (Å²) in [6.07, 6.45) is 2.33. The second kappa shape index (κ2) is 5.36. The number of carbonyl (C=O) groups is 1. The second-order valence-corrected chi connectivity index (χ2v) is 5.63. The van der Waals surface area contributed by atoms with E-state index in [-0.39, 0.29) is 12.0 Å². The fraction of sp³-hybridized carbons (Fsp3) is 0.643. The Hall–Kier alpha value is -1.69. The average molecular weight is 277 g/mol. The van der Waals surface area contributed by atoms with Crippen LogP contribution in [0.1, 0.15) is 36.7 Å². The predicted octanol–water partition coefficient (Wildman–Crippen LogP) is 1.56. The first-order chi connectivity index (χ1) is 9.61. The molecule has 2 aliphatic rings. The van der Waals surface area contributed by atoms with Crippen LogP contribution in [-0.4, -0.2) is 40.3 Å². The van der Waals surface area contributed by atoms with E-state index in [1.54, 1.807) is 0 Å². The number of hydrogen-bond acceptors (Lipinski definition) is 5. The second-order valence-electron chi connectivity index (χ2n) is 5.63. The van der Waals surface area contributed by atoms with Crippen LogP contribution in [0, 0.1) is 12.8 Å². The van der Waals surface area contributed by atoms with Gasteiger partial charge in [0.15, 0.2) is 0 Å². The summed E-state index contributed by atoms with van der Waals surface area (Å²) >= 11 is 0. The molecule has 6 heteroatoms. The minimum Gasteiger partial charge on any atom is -0.481 e. The van der Waals surface area contributed by atoms with Gasteiger partial charge >= 0.3 is 5.97 Å². The lowest BCUT2D eigenvalue weighted by Gasteiger charge is -2.33. The highest BCUT2D eigenvalue weighted by molar-refractivity contribution is 5.71. The maximum atomic E-state index is 10.8. The van der Waals surface area contributed by atoms with Crippen LogP contribution >= 0.6 is 0 Å². The lowest BCUT2D eigenvalue weighted by Crippen LogP contribution is -2.39. The minimum atomic E-state index is -0.703. The molecular weight excluding hydrogens is 258 g/mol. The van der Waals surface area contributed by atoms with Gasteiger partial charge in [0.1, 0.15) is 11.6 Å². The molecule has 6 nitrogen and oxygen atoms in total. The number of carboxylic acid groups (broad SMARTS) is 1. The van der Waals surface area contributed by atoms with E-state index < -0.39 is 5.97 Å². The fourth-order valence-corrected chi connectivity index (χ4v) is 2.79. The molecule has 1 saturated heterocycles. The number of aromatic nitrogens is 2. The first kappa shape index (κ1) is 13.3. The average Bonchev–Trinajstić information content (AvgIpc) is 2.85. The van der Waals surface area contributed by atoms with Crippen molar-refractivity contribution in [3.8, 4) is 0 Å². The third kappa shape index (κ3) is 2.75. The van der Waals surface area contributed by atoms with Crippen molar-refractivity contribution in [2.24, 2.45) is 5.92 Å². The van der Waals surface area contributed by atoms with Crippen LogP contribution in [0.5, 0.6) is 0 Å². The van der Waals surface area contributed by atoms with Crippen molar-refractivity contribution in [3.05, 3.63) is 17.6 Å². The summed E-state index contributed by atoms with van der Waals surface area (Å²) in [5.41, 5.74) is 1.02. The van der Waals surface area contributed by atoms with Crippen LogP contribution in [0.25, 0.3) is 0 Å². The van der Waals surface area contributed by atoms with Crippen LogP contribution < -0.4 is 5.32 Å². The Balaban J connectivity index is 1.66. The molecule has 1 aromatic heterocycles. The number of aliphatic carboxylic acids is 1. The first-order valence-electron chi connectivity index (χ1n) is 7.04. The summed E-state index contributed by atoms with van der Waals surface area (Å²) in [5, 5.41) is 12.2. The Morgan fingerprint density at radius 3 is 2.90 bits per heavy atom. The van der Waals surface area contributed by atoms with Gasteiger partial charge in [0.05, 0.1) is 18.2 Å². The van der Waals surface area contributed by atoms with Crippen molar-refractivity contribution in [3.63, 3.8) is 0 Å². The standard InChI is InChI=1S/C14H19N3O3/c1-8-15-12(9-2-3-20-7-9)6-13(16-8)17-11-4-10(5-11)14(18)19/h6,9-11H,2-5,7H2,1H3,(H,18,19)(H,15,16,17). The summed E-state index contributed by atoms with van der Waals surface area (Å²) < 4.78 is 5.40. The molecular formula is C14H19N3O3. The zero-order chi connectivity index (χ0) is 14.1. The monoisotopic (exact) mass is 277 g/mol. The summed E-state index contributed by atoms with van der Waals surface area (Å²) in [5.74, 6) is 0.980. The van der Waals surface area contributed by atoms with E-state index in [1.807, 2.05) is 13.0 Å². The molecule has 0 spiro atoms. The van der Waals surface area contributed by atoms with E-state index >= 15 is 0 Å². The van der Waals surface area contributed by atoms with E-state index in [0.29, 0.717) is 18.8 Å². The van der Waals surface area contributed by atoms with Crippen LogP contribution in [0.2, 0.25) is 0 Å². The van der Waals surface area contributed by atoms with Gasteiger partial charge in [0.25, 0.3) is 0 Å². The summed E-state index contributed by atoms with van der Waals surface area (Å²) in [7, 11) is 0. The van der Waals surface area contributed by atoms with Gasteiger partial charge in [-0.3, -0.25) is 4.79 Å². The highest BCUT2D eigenvalue weighted by Gasteiger charge is 2.34. The minimum absolute atomic E-state index is 0.207. The molecule has 1 aliphatic heterocycles. The van der Waals surface area contributed by atoms with Crippen LogP contribution in [0.3, 0.4) is 0 Å². The van der Waals surface area contributed by atoms with E-state index in [4.69, 9.17) is 9.84 Å². The topological polar surface area (TPSA) is 84.3 Å². The lowest BCUT2D eigenvalue weighted by atomic mass is 9.80. The van der Waals surface area contributed by atoms with Gasteiger partial charge in [-0.2, -0.15) is 0 Å². The number of carboxylic acids is 1. The van der Waals surface area contributed by atoms with Crippen molar-refractivity contribution in [1.82, 2.24) is 9.97 Å². The molecule has 1 aromatic rings. The Kier molecular flexibility index (Phi) is 3.56. The highest BCUT2D eigenvalue weighted by atomic mass is 16.5. The maximum absolute atomic E-state index is 10.8. The molecule has 1 atom stereocenters. The third-order valence-corrected chi connectivity index (χ3v) is 4.05. The summed E-state index contributed by atoms with van der Waals surface area (Å²) in [4.78, 5) is 19.7. The van der Waals surface area contributed by atoms with Gasteiger partial charge in [0, 0.05) is 24.6 Å². The number of ether oxygens (including phenoxy) is 1. The Labute approximate surface area is 117 Å². The molecule has 0 aromatic carbocycles. The van der Waals surface area contributed by atoms with Gasteiger partial charge in [0.2, 0.25) is 0 Å². The van der Waals surface area contributed by atoms with Crippen molar-refractivity contribution in [1.29, 1.82) is 0 Å². The quantitative estimate of drug-likeness (QED) is 0.869. The fourth-order valence-electron chi connectivity index (χ4n) is 2.79. The van der Waals surface area contributed by atoms with Gasteiger partial charge in [-0.15, -0.1) is 0 Å². The zero-order valence-electron chi connectivity index (χ0n) is 11.5. The van der Waals surface area contributed by atoms with E-state index in [9.17, 15) is 4.79 Å². The van der Waals surface area contributed by atoms with E-state index in [0.717, 1.165) is 37.0 Å². The number of nitrogens with one attached hydrogen (secondary N) is 1. The molecule has 1 unspecified atom stereocenters. The number of anilines is 1. The Bertz CT molecular complexity index is 508. The number of nitrogens with zero attached hydrogens (tertiary/aromatic N) is 2. The maximum Gasteiger partial charge on any atom is 0.306 e. The molecule has 0 radical (unpaired) electrons. The van der Waals surface area contributed by atoms with E-state index in [2.05, 4.69) is 15.3 Å². The van der Waals surface area contributed by atoms with Gasteiger partial charge in [-0.1, -0.05) is 0 Å².